The first-order valence-corrected chi connectivity index (χ1v) is 4.95. The van der Waals surface area contributed by atoms with E-state index in [-0.39, 0.29) is 17.8 Å². The molecule has 0 aliphatic heterocycles. The highest BCUT2D eigenvalue weighted by Crippen LogP contribution is 2.12. The molecule has 0 rings (SSSR count). The van der Waals surface area contributed by atoms with Crippen molar-refractivity contribution < 1.29 is 4.79 Å². The third-order valence-corrected chi connectivity index (χ3v) is 2.59. The van der Waals surface area contributed by atoms with Gasteiger partial charge in [-0.15, -0.1) is 23.2 Å². The minimum atomic E-state index is -0.148. The number of amides is 1. The van der Waals surface area contributed by atoms with Crippen LogP contribution in [0.25, 0.3) is 0 Å². The van der Waals surface area contributed by atoms with Crippen LogP contribution in [0.2, 0.25) is 0 Å². The number of carbonyl (C=O) groups excluding carboxylic acids is 1. The van der Waals surface area contributed by atoms with Gasteiger partial charge in [-0.25, -0.2) is 0 Å². The van der Waals surface area contributed by atoms with Gasteiger partial charge in [0.05, 0.1) is 5.25 Å². The van der Waals surface area contributed by atoms with Crippen LogP contribution < -0.4 is 0 Å². The van der Waals surface area contributed by atoms with Crippen LogP contribution in [0.3, 0.4) is 0 Å². The molecule has 0 aromatic heterocycles. The third-order valence-electron chi connectivity index (χ3n) is 1.46. The van der Waals surface area contributed by atoms with E-state index < -0.39 is 0 Å². The summed E-state index contributed by atoms with van der Waals surface area (Å²) in [5.41, 5.74) is 0. The molecule has 0 radical (unpaired) electrons. The smallest absolute Gasteiger partial charge is 0.236 e. The minimum absolute atomic E-state index is 0.0774. The summed E-state index contributed by atoms with van der Waals surface area (Å²) in [7, 11) is 1.56. The van der Waals surface area contributed by atoms with E-state index in [9.17, 15) is 9.70 Å². The molecule has 0 saturated carbocycles. The summed E-state index contributed by atoms with van der Waals surface area (Å²) >= 11 is 1.49. The van der Waals surface area contributed by atoms with Crippen molar-refractivity contribution in [2.75, 3.05) is 19.5 Å². The van der Waals surface area contributed by atoms with Crippen LogP contribution in [-0.4, -0.2) is 35.5 Å². The Bertz CT molecular complexity index is 197. The van der Waals surface area contributed by atoms with E-state index in [2.05, 4.69) is 11.8 Å². The number of rotatable bonds is 6. The summed E-state index contributed by atoms with van der Waals surface area (Å²) < 4.78 is 0. The molecule has 0 N–H and O–H groups in total. The van der Waals surface area contributed by atoms with Gasteiger partial charge >= 0.3 is 0 Å². The zero-order valence-corrected chi connectivity index (χ0v) is 8.71. The molecule has 13 heavy (non-hydrogen) atoms. The Morgan fingerprint density at radius 3 is 2.85 bits per heavy atom. The van der Waals surface area contributed by atoms with Crippen LogP contribution in [0.4, 0.5) is 0 Å². The lowest BCUT2D eigenvalue weighted by atomic mass is 10.4. The van der Waals surface area contributed by atoms with E-state index in [1.807, 2.05) is 0 Å². The largest absolute Gasteiger partial charge is 0.322 e. The fraction of sp³-hybridized carbons (Fsp3) is 0.625. The standard InChI is InChI=1S/C8H14N2O2S/c1-4-5-13-7(2)8(11)10(3)6-9-12/h4,7H,1,5-6H2,2-3H3. The second-order valence-electron chi connectivity index (χ2n) is 2.57. The van der Waals surface area contributed by atoms with E-state index in [4.69, 9.17) is 0 Å². The average molecular weight is 202 g/mol. The van der Waals surface area contributed by atoms with Gasteiger partial charge in [-0.1, -0.05) is 6.08 Å². The molecule has 1 atom stereocenters. The molecule has 0 aromatic rings. The maximum absolute atomic E-state index is 11.4. The van der Waals surface area contributed by atoms with Crippen molar-refractivity contribution in [2.45, 2.75) is 12.2 Å². The molecule has 1 unspecified atom stereocenters. The highest BCUT2D eigenvalue weighted by molar-refractivity contribution is 8.00. The lowest BCUT2D eigenvalue weighted by Crippen LogP contribution is -2.33. The quantitative estimate of drug-likeness (QED) is 0.484. The van der Waals surface area contributed by atoms with Gasteiger partial charge < -0.3 is 4.90 Å². The van der Waals surface area contributed by atoms with E-state index in [1.165, 1.54) is 16.7 Å². The third kappa shape index (κ3) is 4.67. The van der Waals surface area contributed by atoms with Crippen LogP contribution >= 0.6 is 11.8 Å². The Morgan fingerprint density at radius 1 is 1.77 bits per heavy atom. The van der Waals surface area contributed by atoms with Crippen molar-refractivity contribution >= 4 is 17.7 Å². The maximum Gasteiger partial charge on any atom is 0.236 e. The highest BCUT2D eigenvalue weighted by Gasteiger charge is 2.16. The molecule has 5 heteroatoms. The number of hydrogen-bond donors (Lipinski definition) is 0. The summed E-state index contributed by atoms with van der Waals surface area (Å²) in [5, 5.41) is 2.50. The van der Waals surface area contributed by atoms with E-state index in [1.54, 1.807) is 20.0 Å². The molecule has 0 saturated heterocycles. The van der Waals surface area contributed by atoms with Crippen molar-refractivity contribution in [2.24, 2.45) is 5.18 Å². The van der Waals surface area contributed by atoms with Gasteiger partial charge in [0.15, 0.2) is 6.67 Å². The number of carbonyl (C=O) groups is 1. The minimum Gasteiger partial charge on any atom is -0.322 e. The highest BCUT2D eigenvalue weighted by atomic mass is 32.2. The van der Waals surface area contributed by atoms with Gasteiger partial charge in [0.25, 0.3) is 0 Å². The van der Waals surface area contributed by atoms with E-state index in [0.717, 1.165) is 5.75 Å². The van der Waals surface area contributed by atoms with Crippen LogP contribution in [0.5, 0.6) is 0 Å². The van der Waals surface area contributed by atoms with Gasteiger partial charge in [0, 0.05) is 12.8 Å². The second kappa shape index (κ2) is 6.65. The van der Waals surface area contributed by atoms with Gasteiger partial charge in [-0.3, -0.25) is 4.79 Å². The normalized spacial score (nSPS) is 11.8. The topological polar surface area (TPSA) is 49.7 Å². The summed E-state index contributed by atoms with van der Waals surface area (Å²) in [6, 6.07) is 0. The number of nitroso groups, excluding NO2 is 1. The van der Waals surface area contributed by atoms with Crippen molar-refractivity contribution in [1.29, 1.82) is 0 Å². The lowest BCUT2D eigenvalue weighted by molar-refractivity contribution is -0.128. The predicted octanol–water partition coefficient (Wildman–Crippen LogP) is 1.48. The fourth-order valence-corrected chi connectivity index (χ4v) is 1.50. The number of thioether (sulfide) groups is 1. The number of hydrogen-bond acceptors (Lipinski definition) is 4. The first kappa shape index (κ1) is 12.2. The van der Waals surface area contributed by atoms with Gasteiger partial charge in [0.1, 0.15) is 0 Å². The SMILES string of the molecule is C=CCSC(C)C(=O)N(C)CN=O. The molecular weight excluding hydrogens is 188 g/mol. The Balaban J connectivity index is 3.92. The van der Waals surface area contributed by atoms with Crippen LogP contribution in [0, 0.1) is 4.91 Å². The maximum atomic E-state index is 11.4. The molecule has 74 valence electrons. The van der Waals surface area contributed by atoms with E-state index in [0.29, 0.717) is 0 Å². The molecule has 0 bridgehead atoms. The molecule has 0 aliphatic rings. The van der Waals surface area contributed by atoms with Crippen LogP contribution in [0.15, 0.2) is 17.8 Å². The van der Waals surface area contributed by atoms with Crippen molar-refractivity contribution in [3.63, 3.8) is 0 Å². The molecule has 0 heterocycles. The van der Waals surface area contributed by atoms with Crippen LogP contribution in [0.1, 0.15) is 6.92 Å². The Labute approximate surface area is 82.3 Å². The second-order valence-corrected chi connectivity index (χ2v) is 3.94. The Hall–Kier alpha value is -0.840. The summed E-state index contributed by atoms with van der Waals surface area (Å²) in [6.45, 7) is 5.28. The lowest BCUT2D eigenvalue weighted by Gasteiger charge is -2.17. The summed E-state index contributed by atoms with van der Waals surface area (Å²) in [6.07, 6.45) is 1.74. The molecule has 0 spiro atoms. The average Bonchev–Trinajstić information content (AvgIpc) is 2.13. The molecule has 1 amide bonds. The summed E-state index contributed by atoms with van der Waals surface area (Å²) in [5.74, 6) is 0.654. The van der Waals surface area contributed by atoms with Crippen molar-refractivity contribution in [1.82, 2.24) is 4.90 Å². The molecular formula is C8H14N2O2S. The zero-order valence-electron chi connectivity index (χ0n) is 7.90. The van der Waals surface area contributed by atoms with Crippen LogP contribution in [-0.2, 0) is 4.79 Å². The number of nitrogens with zero attached hydrogens (tertiary/aromatic N) is 2. The molecule has 0 fully saturated rings. The van der Waals surface area contributed by atoms with Crippen molar-refractivity contribution in [3.05, 3.63) is 17.6 Å². The monoisotopic (exact) mass is 202 g/mol. The molecule has 4 nitrogen and oxygen atoms in total. The van der Waals surface area contributed by atoms with Gasteiger partial charge in [0.2, 0.25) is 5.91 Å². The molecule has 0 aromatic carbocycles. The fourth-order valence-electron chi connectivity index (χ4n) is 0.750. The van der Waals surface area contributed by atoms with Gasteiger partial charge in [-0.2, -0.15) is 0 Å². The Kier molecular flexibility index (Phi) is 6.22. The zero-order chi connectivity index (χ0) is 10.3. The van der Waals surface area contributed by atoms with Gasteiger partial charge in [-0.05, 0) is 12.1 Å². The van der Waals surface area contributed by atoms with Crippen molar-refractivity contribution in [3.8, 4) is 0 Å². The summed E-state index contributed by atoms with van der Waals surface area (Å²) in [4.78, 5) is 22.6. The van der Waals surface area contributed by atoms with E-state index >= 15 is 0 Å². The Morgan fingerprint density at radius 2 is 2.38 bits per heavy atom. The first-order chi connectivity index (χ1) is 6.13. The molecule has 0 aliphatic carbocycles. The first-order valence-electron chi connectivity index (χ1n) is 3.90. The predicted molar refractivity (Wildman–Crippen MR) is 55.5 cm³/mol.